The molecule has 2 N–H and O–H groups in total. The van der Waals surface area contributed by atoms with Gasteiger partial charge in [-0.25, -0.2) is 4.98 Å². The molecule has 0 atom stereocenters. The number of aromatic amines is 1. The number of hydrogen-bond acceptors (Lipinski definition) is 2. The normalized spacial score (nSPS) is 15.6. The van der Waals surface area contributed by atoms with Crippen molar-refractivity contribution >= 4 is 40.1 Å². The van der Waals surface area contributed by atoms with Gasteiger partial charge in [-0.3, -0.25) is 4.79 Å². The topological polar surface area (TPSA) is 57.8 Å². The van der Waals surface area contributed by atoms with Gasteiger partial charge in [0.2, 0.25) is 0 Å². The molecule has 0 radical (unpaired) electrons. The van der Waals surface area contributed by atoms with Crippen molar-refractivity contribution in [3.05, 3.63) is 63.9 Å². The van der Waals surface area contributed by atoms with Gasteiger partial charge >= 0.3 is 0 Å². The van der Waals surface area contributed by atoms with E-state index in [1.165, 1.54) is 0 Å². The standard InChI is InChI=1S/C17H13Cl2N3O/c18-11-2-3-12(13(19)8-11)17(5-6-17)22-16(23)10-1-4-14-15(7-10)21-9-20-14/h1-4,7-9H,5-6H2,(H,20,21)(H,22,23). The van der Waals surface area contributed by atoms with E-state index in [4.69, 9.17) is 23.2 Å². The van der Waals surface area contributed by atoms with E-state index < -0.39 is 0 Å². The number of halogens is 2. The van der Waals surface area contributed by atoms with Crippen LogP contribution < -0.4 is 5.32 Å². The number of rotatable bonds is 3. The van der Waals surface area contributed by atoms with Crippen molar-refractivity contribution in [3.8, 4) is 0 Å². The Morgan fingerprint density at radius 2 is 2.00 bits per heavy atom. The Bertz CT molecular complexity index is 915. The zero-order chi connectivity index (χ0) is 16.0. The molecule has 1 aliphatic rings. The Balaban J connectivity index is 1.62. The first-order chi connectivity index (χ1) is 11.1. The molecule has 1 heterocycles. The first-order valence-electron chi connectivity index (χ1n) is 7.29. The number of hydrogen-bond donors (Lipinski definition) is 2. The Morgan fingerprint density at radius 1 is 1.17 bits per heavy atom. The fourth-order valence-corrected chi connectivity index (χ4v) is 3.42. The van der Waals surface area contributed by atoms with E-state index in [1.807, 2.05) is 12.1 Å². The molecule has 1 saturated carbocycles. The summed E-state index contributed by atoms with van der Waals surface area (Å²) in [6.45, 7) is 0. The second-order valence-electron chi connectivity index (χ2n) is 5.79. The summed E-state index contributed by atoms with van der Waals surface area (Å²) in [5, 5.41) is 4.29. The predicted octanol–water partition coefficient (Wildman–Crippen LogP) is 4.29. The number of carbonyl (C=O) groups excluding carboxylic acids is 1. The van der Waals surface area contributed by atoms with Crippen molar-refractivity contribution < 1.29 is 4.79 Å². The summed E-state index contributed by atoms with van der Waals surface area (Å²) < 4.78 is 0. The molecule has 1 amide bonds. The van der Waals surface area contributed by atoms with Gasteiger partial charge in [-0.05, 0) is 48.7 Å². The van der Waals surface area contributed by atoms with Gasteiger partial charge in [0.15, 0.2) is 0 Å². The molecule has 0 aliphatic heterocycles. The SMILES string of the molecule is O=C(NC1(c2ccc(Cl)cc2Cl)CC1)c1ccc2nc[nH]c2c1. The zero-order valence-corrected chi connectivity index (χ0v) is 13.6. The highest BCUT2D eigenvalue weighted by Gasteiger charge is 2.47. The van der Waals surface area contributed by atoms with Crippen LogP contribution in [0.4, 0.5) is 0 Å². The number of nitrogens with one attached hydrogen (secondary N) is 2. The Kier molecular flexibility index (Phi) is 3.32. The number of aromatic nitrogens is 2. The second kappa shape index (κ2) is 5.25. The number of amides is 1. The number of fused-ring (bicyclic) bond motifs is 1. The molecule has 0 spiro atoms. The second-order valence-corrected chi connectivity index (χ2v) is 6.64. The van der Waals surface area contributed by atoms with Crippen molar-refractivity contribution in [3.63, 3.8) is 0 Å². The smallest absolute Gasteiger partial charge is 0.252 e. The monoisotopic (exact) mass is 345 g/mol. The van der Waals surface area contributed by atoms with Crippen LogP contribution in [-0.4, -0.2) is 15.9 Å². The van der Waals surface area contributed by atoms with Crippen LogP contribution in [0, 0.1) is 0 Å². The quantitative estimate of drug-likeness (QED) is 0.743. The van der Waals surface area contributed by atoms with Crippen LogP contribution >= 0.6 is 23.2 Å². The lowest BCUT2D eigenvalue weighted by molar-refractivity contribution is 0.0931. The molecule has 4 rings (SSSR count). The third-order valence-corrected chi connectivity index (χ3v) is 4.78. The molecule has 2 aromatic carbocycles. The van der Waals surface area contributed by atoms with Crippen LogP contribution in [0.3, 0.4) is 0 Å². The van der Waals surface area contributed by atoms with Gasteiger partial charge in [0.25, 0.3) is 5.91 Å². The molecular weight excluding hydrogens is 333 g/mol. The maximum Gasteiger partial charge on any atom is 0.252 e. The maximum atomic E-state index is 12.6. The predicted molar refractivity (Wildman–Crippen MR) is 90.9 cm³/mol. The number of carbonyl (C=O) groups is 1. The lowest BCUT2D eigenvalue weighted by atomic mass is 10.0. The minimum absolute atomic E-state index is 0.120. The van der Waals surface area contributed by atoms with Crippen LogP contribution in [-0.2, 0) is 5.54 Å². The maximum absolute atomic E-state index is 12.6. The summed E-state index contributed by atoms with van der Waals surface area (Å²) in [5.74, 6) is -0.120. The van der Waals surface area contributed by atoms with E-state index in [0.717, 1.165) is 29.4 Å². The average molecular weight is 346 g/mol. The molecule has 116 valence electrons. The number of imidazole rings is 1. The highest BCUT2D eigenvalue weighted by Crippen LogP contribution is 2.48. The summed E-state index contributed by atoms with van der Waals surface area (Å²) in [6, 6.07) is 10.8. The highest BCUT2D eigenvalue weighted by molar-refractivity contribution is 6.35. The van der Waals surface area contributed by atoms with Gasteiger partial charge in [-0.15, -0.1) is 0 Å². The molecule has 6 heteroatoms. The van der Waals surface area contributed by atoms with Crippen LogP contribution in [0.2, 0.25) is 10.0 Å². The summed E-state index contributed by atoms with van der Waals surface area (Å²) >= 11 is 12.3. The minimum atomic E-state index is -0.387. The van der Waals surface area contributed by atoms with Gasteiger partial charge in [0.05, 0.1) is 22.9 Å². The lowest BCUT2D eigenvalue weighted by Crippen LogP contribution is -2.35. The molecule has 1 fully saturated rings. The zero-order valence-electron chi connectivity index (χ0n) is 12.1. The summed E-state index contributed by atoms with van der Waals surface area (Å²) in [5.41, 5.74) is 2.80. The van der Waals surface area contributed by atoms with E-state index >= 15 is 0 Å². The number of nitrogens with zero attached hydrogens (tertiary/aromatic N) is 1. The molecule has 0 unspecified atom stereocenters. The first-order valence-corrected chi connectivity index (χ1v) is 8.04. The van der Waals surface area contributed by atoms with Crippen LogP contribution in [0.1, 0.15) is 28.8 Å². The first kappa shape index (κ1) is 14.5. The van der Waals surface area contributed by atoms with E-state index in [9.17, 15) is 4.79 Å². The molecule has 0 saturated heterocycles. The van der Waals surface area contributed by atoms with Crippen molar-refractivity contribution in [2.24, 2.45) is 0 Å². The summed E-state index contributed by atoms with van der Waals surface area (Å²) in [7, 11) is 0. The van der Waals surface area contributed by atoms with Crippen molar-refractivity contribution in [1.82, 2.24) is 15.3 Å². The lowest BCUT2D eigenvalue weighted by Gasteiger charge is -2.19. The van der Waals surface area contributed by atoms with Crippen molar-refractivity contribution in [1.29, 1.82) is 0 Å². The van der Waals surface area contributed by atoms with E-state index in [1.54, 1.807) is 30.6 Å². The fourth-order valence-electron chi connectivity index (χ4n) is 2.83. The third kappa shape index (κ3) is 2.58. The summed E-state index contributed by atoms with van der Waals surface area (Å²) in [6.07, 6.45) is 3.35. The molecule has 0 bridgehead atoms. The average Bonchev–Trinajstić information content (AvgIpc) is 3.13. The van der Waals surface area contributed by atoms with Crippen molar-refractivity contribution in [2.75, 3.05) is 0 Å². The van der Waals surface area contributed by atoms with Gasteiger partial charge < -0.3 is 10.3 Å². The number of benzene rings is 2. The molecule has 1 aromatic heterocycles. The molecular formula is C17H13Cl2N3O. The van der Waals surface area contributed by atoms with Gasteiger partial charge in [0, 0.05) is 15.6 Å². The Labute approximate surface area is 142 Å². The Morgan fingerprint density at radius 3 is 2.74 bits per heavy atom. The van der Waals surface area contributed by atoms with Crippen LogP contribution in [0.25, 0.3) is 11.0 Å². The molecule has 4 nitrogen and oxygen atoms in total. The van der Waals surface area contributed by atoms with Gasteiger partial charge in [-0.1, -0.05) is 29.3 Å². The molecule has 23 heavy (non-hydrogen) atoms. The fraction of sp³-hybridized carbons (Fsp3) is 0.176. The van der Waals surface area contributed by atoms with Gasteiger partial charge in [0.1, 0.15) is 0 Å². The van der Waals surface area contributed by atoms with E-state index in [2.05, 4.69) is 15.3 Å². The molecule has 1 aliphatic carbocycles. The Hall–Kier alpha value is -2.04. The van der Waals surface area contributed by atoms with E-state index in [0.29, 0.717) is 15.6 Å². The number of H-pyrrole nitrogens is 1. The van der Waals surface area contributed by atoms with Crippen molar-refractivity contribution in [2.45, 2.75) is 18.4 Å². The van der Waals surface area contributed by atoms with Crippen LogP contribution in [0.15, 0.2) is 42.7 Å². The summed E-state index contributed by atoms with van der Waals surface area (Å²) in [4.78, 5) is 19.8. The highest BCUT2D eigenvalue weighted by atomic mass is 35.5. The largest absolute Gasteiger partial charge is 0.345 e. The van der Waals surface area contributed by atoms with Crippen LogP contribution in [0.5, 0.6) is 0 Å². The molecule has 3 aromatic rings. The van der Waals surface area contributed by atoms with E-state index in [-0.39, 0.29) is 11.4 Å². The minimum Gasteiger partial charge on any atom is -0.345 e. The third-order valence-electron chi connectivity index (χ3n) is 4.23. The van der Waals surface area contributed by atoms with Gasteiger partial charge in [-0.2, -0.15) is 0 Å².